The summed E-state index contributed by atoms with van der Waals surface area (Å²) in [6.45, 7) is 0. The minimum absolute atomic E-state index is 0.367. The van der Waals surface area contributed by atoms with Gasteiger partial charge in [0.05, 0.1) is 12.2 Å². The summed E-state index contributed by atoms with van der Waals surface area (Å²) in [5.41, 5.74) is 1.08. The van der Waals surface area contributed by atoms with E-state index in [0.717, 1.165) is 6.20 Å². The lowest BCUT2D eigenvalue weighted by atomic mass is 9.99. The van der Waals surface area contributed by atoms with Crippen molar-refractivity contribution in [3.05, 3.63) is 63.9 Å². The van der Waals surface area contributed by atoms with E-state index in [4.69, 9.17) is 0 Å². The molecule has 0 aliphatic carbocycles. The molecular formula is C13H11BrF2N2. The minimum atomic E-state index is -0.419. The lowest BCUT2D eigenvalue weighted by Gasteiger charge is -2.18. The highest BCUT2D eigenvalue weighted by atomic mass is 79.9. The summed E-state index contributed by atoms with van der Waals surface area (Å²) in [6.07, 6.45) is 2.66. The molecule has 94 valence electrons. The number of pyridine rings is 1. The molecule has 2 nitrogen and oxygen atoms in total. The molecule has 0 fully saturated rings. The maximum absolute atomic E-state index is 13.7. The van der Waals surface area contributed by atoms with Crippen molar-refractivity contribution in [2.45, 2.75) is 6.04 Å². The van der Waals surface area contributed by atoms with Crippen LogP contribution in [0.2, 0.25) is 0 Å². The quantitative estimate of drug-likeness (QED) is 0.939. The Hall–Kier alpha value is -1.33. The van der Waals surface area contributed by atoms with Crippen molar-refractivity contribution < 1.29 is 8.78 Å². The second-order valence-electron chi connectivity index (χ2n) is 3.82. The normalized spacial score (nSPS) is 12.4. The van der Waals surface area contributed by atoms with Gasteiger partial charge in [-0.2, -0.15) is 0 Å². The molecule has 2 aromatic rings. The third kappa shape index (κ3) is 2.73. The van der Waals surface area contributed by atoms with E-state index in [0.29, 0.717) is 15.6 Å². The van der Waals surface area contributed by atoms with Crippen molar-refractivity contribution in [3.63, 3.8) is 0 Å². The second kappa shape index (κ2) is 5.54. The Morgan fingerprint density at radius 2 is 2.06 bits per heavy atom. The minimum Gasteiger partial charge on any atom is -0.309 e. The Balaban J connectivity index is 2.48. The van der Waals surface area contributed by atoms with Gasteiger partial charge in [-0.25, -0.2) is 8.78 Å². The summed E-state index contributed by atoms with van der Waals surface area (Å²) in [5, 5.41) is 2.97. The monoisotopic (exact) mass is 312 g/mol. The summed E-state index contributed by atoms with van der Waals surface area (Å²) in [4.78, 5) is 3.70. The van der Waals surface area contributed by atoms with Gasteiger partial charge in [-0.05, 0) is 36.9 Å². The highest BCUT2D eigenvalue weighted by Crippen LogP contribution is 2.26. The first kappa shape index (κ1) is 13.1. The van der Waals surface area contributed by atoms with Crippen LogP contribution in [0.1, 0.15) is 17.2 Å². The molecule has 18 heavy (non-hydrogen) atoms. The maximum Gasteiger partial charge on any atom is 0.146 e. The predicted molar refractivity (Wildman–Crippen MR) is 69.2 cm³/mol. The molecule has 0 aliphatic rings. The van der Waals surface area contributed by atoms with E-state index in [1.54, 1.807) is 19.2 Å². The van der Waals surface area contributed by atoms with Gasteiger partial charge in [0, 0.05) is 16.2 Å². The van der Waals surface area contributed by atoms with Crippen molar-refractivity contribution in [1.29, 1.82) is 0 Å². The van der Waals surface area contributed by atoms with Gasteiger partial charge in [-0.1, -0.05) is 15.9 Å². The van der Waals surface area contributed by atoms with Gasteiger partial charge in [0.25, 0.3) is 0 Å². The van der Waals surface area contributed by atoms with Gasteiger partial charge < -0.3 is 5.32 Å². The molecule has 1 aromatic heterocycles. The number of nitrogens with zero attached hydrogens (tertiary/aromatic N) is 1. The van der Waals surface area contributed by atoms with E-state index in [-0.39, 0.29) is 5.82 Å². The van der Waals surface area contributed by atoms with Gasteiger partial charge in [-0.3, -0.25) is 4.98 Å². The molecular weight excluding hydrogens is 302 g/mol. The summed E-state index contributed by atoms with van der Waals surface area (Å²) < 4.78 is 27.7. The third-order valence-corrected chi connectivity index (χ3v) is 3.08. The second-order valence-corrected chi connectivity index (χ2v) is 4.74. The van der Waals surface area contributed by atoms with Gasteiger partial charge in [0.1, 0.15) is 11.6 Å². The Morgan fingerprint density at radius 1 is 1.28 bits per heavy atom. The number of halogens is 3. The number of nitrogens with one attached hydrogen (secondary N) is 1. The molecule has 1 heterocycles. The van der Waals surface area contributed by atoms with Crippen LogP contribution in [0.15, 0.2) is 41.1 Å². The van der Waals surface area contributed by atoms with Crippen LogP contribution in [0.5, 0.6) is 0 Å². The van der Waals surface area contributed by atoms with Crippen LogP contribution in [-0.4, -0.2) is 12.0 Å². The van der Waals surface area contributed by atoms with Crippen molar-refractivity contribution >= 4 is 15.9 Å². The summed E-state index contributed by atoms with van der Waals surface area (Å²) in [6, 6.07) is 5.66. The summed E-state index contributed by atoms with van der Waals surface area (Å²) >= 11 is 3.23. The lowest BCUT2D eigenvalue weighted by molar-refractivity contribution is 0.566. The SMILES string of the molecule is CNC(c1cc(F)cc(Br)c1)c1ccncc1F. The lowest BCUT2D eigenvalue weighted by Crippen LogP contribution is -2.19. The van der Waals surface area contributed by atoms with E-state index in [1.165, 1.54) is 18.3 Å². The van der Waals surface area contributed by atoms with Crippen molar-refractivity contribution in [2.75, 3.05) is 7.05 Å². The van der Waals surface area contributed by atoms with Gasteiger partial charge in [-0.15, -0.1) is 0 Å². The highest BCUT2D eigenvalue weighted by Gasteiger charge is 2.17. The van der Waals surface area contributed by atoms with Crippen LogP contribution in [0.4, 0.5) is 8.78 Å². The van der Waals surface area contributed by atoms with E-state index in [2.05, 4.69) is 26.2 Å². The molecule has 0 saturated heterocycles. The van der Waals surface area contributed by atoms with Crippen LogP contribution in [0.25, 0.3) is 0 Å². The first-order chi connectivity index (χ1) is 8.61. The molecule has 1 aromatic carbocycles. The van der Waals surface area contributed by atoms with E-state index in [9.17, 15) is 8.78 Å². The summed E-state index contributed by atoms with van der Waals surface area (Å²) in [7, 11) is 1.70. The van der Waals surface area contributed by atoms with Crippen molar-refractivity contribution in [3.8, 4) is 0 Å². The number of rotatable bonds is 3. The number of benzene rings is 1. The highest BCUT2D eigenvalue weighted by molar-refractivity contribution is 9.10. The fourth-order valence-corrected chi connectivity index (χ4v) is 2.35. The number of aromatic nitrogens is 1. The van der Waals surface area contributed by atoms with Crippen LogP contribution < -0.4 is 5.32 Å². The molecule has 1 N–H and O–H groups in total. The Kier molecular flexibility index (Phi) is 4.04. The number of hydrogen-bond donors (Lipinski definition) is 1. The third-order valence-electron chi connectivity index (χ3n) is 2.62. The topological polar surface area (TPSA) is 24.9 Å². The zero-order chi connectivity index (χ0) is 13.1. The fourth-order valence-electron chi connectivity index (χ4n) is 1.86. The molecule has 0 aliphatic heterocycles. The van der Waals surface area contributed by atoms with Crippen molar-refractivity contribution in [1.82, 2.24) is 10.3 Å². The molecule has 0 amide bonds. The van der Waals surface area contributed by atoms with Crippen molar-refractivity contribution in [2.24, 2.45) is 0 Å². The Labute approximate surface area is 112 Å². The predicted octanol–water partition coefficient (Wildman–Crippen LogP) is 3.43. The van der Waals surface area contributed by atoms with Gasteiger partial charge in [0.2, 0.25) is 0 Å². The van der Waals surface area contributed by atoms with E-state index in [1.807, 2.05) is 0 Å². The Morgan fingerprint density at radius 3 is 2.67 bits per heavy atom. The zero-order valence-corrected chi connectivity index (χ0v) is 11.2. The average Bonchev–Trinajstić information content (AvgIpc) is 2.31. The van der Waals surface area contributed by atoms with Crippen LogP contribution in [-0.2, 0) is 0 Å². The molecule has 0 bridgehead atoms. The van der Waals surface area contributed by atoms with Gasteiger partial charge >= 0.3 is 0 Å². The maximum atomic E-state index is 13.7. The molecule has 5 heteroatoms. The molecule has 1 atom stereocenters. The van der Waals surface area contributed by atoms with Crippen LogP contribution in [0.3, 0.4) is 0 Å². The first-order valence-corrected chi connectivity index (χ1v) is 6.14. The van der Waals surface area contributed by atoms with Crippen LogP contribution >= 0.6 is 15.9 Å². The zero-order valence-electron chi connectivity index (χ0n) is 9.62. The van der Waals surface area contributed by atoms with E-state index < -0.39 is 11.9 Å². The largest absolute Gasteiger partial charge is 0.309 e. The first-order valence-electron chi connectivity index (χ1n) is 5.34. The summed E-state index contributed by atoms with van der Waals surface area (Å²) in [5.74, 6) is -0.786. The van der Waals surface area contributed by atoms with Crippen LogP contribution in [0, 0.1) is 11.6 Å². The number of hydrogen-bond acceptors (Lipinski definition) is 2. The molecule has 0 saturated carbocycles. The fraction of sp³-hybridized carbons (Fsp3) is 0.154. The standard InChI is InChI=1S/C13H11BrF2N2/c1-17-13(11-2-3-18-7-12(11)16)8-4-9(14)6-10(15)5-8/h2-7,13,17H,1H3. The molecule has 2 rings (SSSR count). The Bertz CT molecular complexity index is 540. The smallest absolute Gasteiger partial charge is 0.146 e. The molecule has 0 radical (unpaired) electrons. The van der Waals surface area contributed by atoms with Gasteiger partial charge in [0.15, 0.2) is 0 Å². The molecule has 1 unspecified atom stereocenters. The average molecular weight is 313 g/mol. The molecule has 0 spiro atoms. The van der Waals surface area contributed by atoms with E-state index >= 15 is 0 Å².